The smallest absolute Gasteiger partial charge is 0.293 e. The summed E-state index contributed by atoms with van der Waals surface area (Å²) in [5, 5.41) is 12.4. The number of aliphatic hydroxyl groups excluding tert-OH is 1. The van der Waals surface area contributed by atoms with Crippen molar-refractivity contribution in [1.82, 2.24) is 5.32 Å². The van der Waals surface area contributed by atoms with Gasteiger partial charge in [0.2, 0.25) is 0 Å². The standard InChI is InChI=1S/C20H20ClNO4/c1-9-12(14-16(23)19(26)22-18(14)25)7-10-8-20(2,11-5-3-4-6-11)17(24)13(10)15(9)21/h7,11H,3-6,8H2,1-2H3,(H2,22,23,25,26). The number of carbonyl (C=O) groups is 3. The van der Waals surface area contributed by atoms with Crippen molar-refractivity contribution in [3.8, 4) is 0 Å². The molecule has 1 saturated carbocycles. The first-order valence-corrected chi connectivity index (χ1v) is 9.29. The van der Waals surface area contributed by atoms with Gasteiger partial charge in [-0.15, -0.1) is 0 Å². The van der Waals surface area contributed by atoms with E-state index in [-0.39, 0.29) is 11.4 Å². The van der Waals surface area contributed by atoms with Gasteiger partial charge in [-0.2, -0.15) is 0 Å². The zero-order chi connectivity index (χ0) is 18.8. The molecule has 3 aliphatic rings. The number of imide groups is 1. The minimum absolute atomic E-state index is 0.0703. The van der Waals surface area contributed by atoms with Crippen LogP contribution in [0, 0.1) is 18.3 Å². The molecule has 2 aliphatic carbocycles. The monoisotopic (exact) mass is 373 g/mol. The van der Waals surface area contributed by atoms with Gasteiger partial charge in [0.15, 0.2) is 11.5 Å². The van der Waals surface area contributed by atoms with Crippen molar-refractivity contribution in [3.63, 3.8) is 0 Å². The summed E-state index contributed by atoms with van der Waals surface area (Å²) in [5.41, 5.74) is 1.73. The number of fused-ring (bicyclic) bond motifs is 1. The minimum atomic E-state index is -0.812. The van der Waals surface area contributed by atoms with E-state index in [1.807, 2.05) is 6.92 Å². The van der Waals surface area contributed by atoms with Gasteiger partial charge in [0, 0.05) is 11.0 Å². The largest absolute Gasteiger partial charge is 0.502 e. The molecule has 1 aromatic rings. The average Bonchev–Trinajstić information content (AvgIpc) is 3.26. The number of rotatable bonds is 2. The van der Waals surface area contributed by atoms with Gasteiger partial charge in [0.1, 0.15) is 0 Å². The molecule has 0 saturated heterocycles. The van der Waals surface area contributed by atoms with Crippen LogP contribution < -0.4 is 5.32 Å². The molecule has 1 atom stereocenters. The molecule has 1 fully saturated rings. The van der Waals surface area contributed by atoms with Crippen LogP contribution in [-0.2, 0) is 16.0 Å². The third kappa shape index (κ3) is 2.19. The summed E-state index contributed by atoms with van der Waals surface area (Å²) in [6, 6.07) is 1.75. The Balaban J connectivity index is 1.86. The van der Waals surface area contributed by atoms with E-state index in [0.29, 0.717) is 34.1 Å². The van der Waals surface area contributed by atoms with Crippen LogP contribution in [0.2, 0.25) is 5.02 Å². The van der Waals surface area contributed by atoms with Crippen molar-refractivity contribution < 1.29 is 19.5 Å². The van der Waals surface area contributed by atoms with Crippen LogP contribution in [0.4, 0.5) is 0 Å². The van der Waals surface area contributed by atoms with Gasteiger partial charge in [-0.05, 0) is 54.9 Å². The first kappa shape index (κ1) is 17.3. The van der Waals surface area contributed by atoms with Gasteiger partial charge in [0.05, 0.1) is 10.6 Å². The number of carbonyl (C=O) groups excluding carboxylic acids is 3. The van der Waals surface area contributed by atoms with Crippen LogP contribution in [0.3, 0.4) is 0 Å². The molecule has 1 aromatic carbocycles. The maximum atomic E-state index is 13.2. The van der Waals surface area contributed by atoms with E-state index in [4.69, 9.17) is 11.6 Å². The first-order valence-electron chi connectivity index (χ1n) is 8.91. The lowest BCUT2D eigenvalue weighted by Gasteiger charge is -2.29. The van der Waals surface area contributed by atoms with Crippen molar-refractivity contribution in [2.24, 2.45) is 11.3 Å². The molecule has 5 nitrogen and oxygen atoms in total. The first-order chi connectivity index (χ1) is 12.3. The predicted molar refractivity (Wildman–Crippen MR) is 97.0 cm³/mol. The molecular formula is C20H20ClNO4. The van der Waals surface area contributed by atoms with Crippen LogP contribution in [-0.4, -0.2) is 22.7 Å². The molecule has 0 aromatic heterocycles. The van der Waals surface area contributed by atoms with Crippen molar-refractivity contribution >= 4 is 34.8 Å². The number of aliphatic hydroxyl groups is 1. The molecule has 2 amide bonds. The van der Waals surface area contributed by atoms with Crippen LogP contribution in [0.15, 0.2) is 11.8 Å². The molecular weight excluding hydrogens is 354 g/mol. The van der Waals surface area contributed by atoms with Crippen molar-refractivity contribution in [2.45, 2.75) is 46.0 Å². The van der Waals surface area contributed by atoms with Gasteiger partial charge in [-0.25, -0.2) is 0 Å². The lowest BCUT2D eigenvalue weighted by atomic mass is 9.73. The molecule has 2 N–H and O–H groups in total. The summed E-state index contributed by atoms with van der Waals surface area (Å²) in [6.45, 7) is 3.71. The van der Waals surface area contributed by atoms with E-state index in [0.717, 1.165) is 31.2 Å². The lowest BCUT2D eigenvalue weighted by Crippen LogP contribution is -2.32. The number of hydrogen-bond acceptors (Lipinski definition) is 4. The van der Waals surface area contributed by atoms with E-state index in [1.54, 1.807) is 13.0 Å². The fourth-order valence-corrected chi connectivity index (χ4v) is 5.10. The van der Waals surface area contributed by atoms with Gasteiger partial charge >= 0.3 is 0 Å². The van der Waals surface area contributed by atoms with Gasteiger partial charge < -0.3 is 5.11 Å². The fraction of sp³-hybridized carbons (Fsp3) is 0.450. The predicted octanol–water partition coefficient (Wildman–Crippen LogP) is 3.51. The Morgan fingerprint density at radius 2 is 1.85 bits per heavy atom. The molecule has 4 rings (SSSR count). The second kappa shape index (κ2) is 5.68. The van der Waals surface area contributed by atoms with Gasteiger partial charge in [-0.3, -0.25) is 19.7 Å². The number of benzene rings is 1. The summed E-state index contributed by atoms with van der Waals surface area (Å²) < 4.78 is 0. The van der Waals surface area contributed by atoms with E-state index in [9.17, 15) is 19.5 Å². The van der Waals surface area contributed by atoms with Crippen LogP contribution in [0.1, 0.15) is 59.7 Å². The van der Waals surface area contributed by atoms with Gasteiger partial charge in [0.25, 0.3) is 11.8 Å². The average molecular weight is 374 g/mol. The molecule has 1 aliphatic heterocycles. The summed E-state index contributed by atoms with van der Waals surface area (Å²) in [7, 11) is 0. The Kier molecular flexibility index (Phi) is 3.77. The highest BCUT2D eigenvalue weighted by atomic mass is 35.5. The van der Waals surface area contributed by atoms with E-state index in [1.165, 1.54) is 0 Å². The second-order valence-electron chi connectivity index (χ2n) is 7.81. The minimum Gasteiger partial charge on any atom is -0.502 e. The number of ketones is 1. The van der Waals surface area contributed by atoms with Gasteiger partial charge in [-0.1, -0.05) is 31.4 Å². The summed E-state index contributed by atoms with van der Waals surface area (Å²) in [4.78, 5) is 36.9. The third-order valence-electron chi connectivity index (χ3n) is 6.33. The highest BCUT2D eigenvalue weighted by Gasteiger charge is 2.49. The highest BCUT2D eigenvalue weighted by molar-refractivity contribution is 6.38. The van der Waals surface area contributed by atoms with E-state index < -0.39 is 23.0 Å². The molecule has 26 heavy (non-hydrogen) atoms. The summed E-state index contributed by atoms with van der Waals surface area (Å²) in [5.74, 6) is -1.64. The summed E-state index contributed by atoms with van der Waals surface area (Å²) in [6.07, 6.45) is 4.95. The maximum absolute atomic E-state index is 13.2. The zero-order valence-corrected chi connectivity index (χ0v) is 15.5. The van der Waals surface area contributed by atoms with Crippen LogP contribution >= 0.6 is 11.6 Å². The molecule has 0 radical (unpaired) electrons. The number of halogens is 1. The quantitative estimate of drug-likeness (QED) is 0.777. The van der Waals surface area contributed by atoms with E-state index in [2.05, 4.69) is 5.32 Å². The normalized spacial score (nSPS) is 26.0. The number of hydrogen-bond donors (Lipinski definition) is 2. The summed E-state index contributed by atoms with van der Waals surface area (Å²) >= 11 is 6.54. The number of nitrogens with one attached hydrogen (secondary N) is 1. The third-order valence-corrected chi connectivity index (χ3v) is 6.80. The molecule has 0 spiro atoms. The number of amides is 2. The lowest BCUT2D eigenvalue weighted by molar-refractivity contribution is -0.124. The van der Waals surface area contributed by atoms with E-state index >= 15 is 0 Å². The number of Topliss-reactive ketones (excluding diaryl/α,β-unsaturated/α-hetero) is 1. The van der Waals surface area contributed by atoms with Crippen molar-refractivity contribution in [1.29, 1.82) is 0 Å². The maximum Gasteiger partial charge on any atom is 0.293 e. The Morgan fingerprint density at radius 1 is 1.19 bits per heavy atom. The van der Waals surface area contributed by atoms with Crippen LogP contribution in [0.5, 0.6) is 0 Å². The van der Waals surface area contributed by atoms with Crippen molar-refractivity contribution in [2.75, 3.05) is 0 Å². The second-order valence-corrected chi connectivity index (χ2v) is 8.19. The molecule has 6 heteroatoms. The molecule has 1 heterocycles. The Labute approximate surface area is 156 Å². The molecule has 0 bridgehead atoms. The SMILES string of the molecule is Cc1c(C2=C(O)C(=O)NC2=O)cc2c(c1Cl)C(=O)C(C)(C1CCCC1)C2. The molecule has 1 unspecified atom stereocenters. The van der Waals surface area contributed by atoms with Crippen molar-refractivity contribution in [3.05, 3.63) is 39.1 Å². The highest BCUT2D eigenvalue weighted by Crippen LogP contribution is 2.51. The fourth-order valence-electron chi connectivity index (χ4n) is 4.80. The zero-order valence-electron chi connectivity index (χ0n) is 14.7. The van der Waals surface area contributed by atoms with Crippen LogP contribution in [0.25, 0.3) is 5.57 Å². The molecule has 136 valence electrons. The Bertz CT molecular complexity index is 911. The Hall–Kier alpha value is -2.14. The topological polar surface area (TPSA) is 83.5 Å². The Morgan fingerprint density at radius 3 is 2.42 bits per heavy atom.